The number of carbonyl (C=O) groups is 2. The number of nitrogens with zero attached hydrogens (tertiary/aromatic N) is 1. The van der Waals surface area contributed by atoms with Gasteiger partial charge >= 0.3 is 209 Å². The van der Waals surface area contributed by atoms with Crippen LogP contribution in [0.1, 0.15) is 18.1 Å². The molecular weight excluding hydrogens is 523 g/mol. The topological polar surface area (TPSA) is 88.1 Å². The Morgan fingerprint density at radius 3 is 2.49 bits per heavy atom. The van der Waals surface area contributed by atoms with E-state index in [1.54, 1.807) is 7.11 Å². The van der Waals surface area contributed by atoms with Gasteiger partial charge in [0.25, 0.3) is 5.97 Å². The van der Waals surface area contributed by atoms with Crippen molar-refractivity contribution in [2.45, 2.75) is 19.0 Å². The van der Waals surface area contributed by atoms with Gasteiger partial charge in [0.05, 0.1) is 0 Å². The molecule has 1 aliphatic heterocycles. The number of nitrogens with one attached hydrogen (secondary N) is 1. The Hall–Kier alpha value is -3.27. The van der Waals surface area contributed by atoms with E-state index >= 15 is 0 Å². The van der Waals surface area contributed by atoms with E-state index in [9.17, 15) is 4.79 Å². The van der Waals surface area contributed by atoms with Crippen LogP contribution in [0.4, 0.5) is 5.69 Å². The van der Waals surface area contributed by atoms with Gasteiger partial charge in [0, 0.05) is 6.92 Å². The quantitative estimate of drug-likeness (QED) is 0.242. The summed E-state index contributed by atoms with van der Waals surface area (Å²) in [6.07, 6.45) is 1.93. The van der Waals surface area contributed by atoms with Gasteiger partial charge in [-0.05, 0) is 0 Å². The summed E-state index contributed by atoms with van der Waals surface area (Å²) in [6, 6.07) is 30.3. The molecule has 4 aromatic rings. The molecule has 4 aromatic carbocycles. The van der Waals surface area contributed by atoms with E-state index in [4.69, 9.17) is 19.5 Å². The third kappa shape index (κ3) is 7.88. The van der Waals surface area contributed by atoms with Gasteiger partial charge in [0.15, 0.2) is 0 Å². The van der Waals surface area contributed by atoms with Crippen LogP contribution in [0.5, 0.6) is 5.75 Å². The molecule has 39 heavy (non-hydrogen) atoms. The molecule has 0 bridgehead atoms. The summed E-state index contributed by atoms with van der Waals surface area (Å²) >= 11 is 2.41. The van der Waals surface area contributed by atoms with Gasteiger partial charge in [0.1, 0.15) is 0 Å². The van der Waals surface area contributed by atoms with Gasteiger partial charge < -0.3 is 5.11 Å². The SMILES string of the molecule is CC(=O)O.COc1ccccc1CON1C(=O)C(=Cc2ccc3ccccc3c2)SC1Nc1ccc[c]([Na])c1. The molecule has 1 unspecified atom stereocenters. The number of benzene rings is 4. The summed E-state index contributed by atoms with van der Waals surface area (Å²) in [5.74, 6) is -0.274. The number of aliphatic carboxylic acids is 1. The summed E-state index contributed by atoms with van der Waals surface area (Å²) in [6.45, 7) is 1.30. The third-order valence-corrected chi connectivity index (χ3v) is 7.49. The Morgan fingerprint density at radius 2 is 1.74 bits per heavy atom. The predicted molar refractivity (Wildman–Crippen MR) is 157 cm³/mol. The monoisotopic (exact) mass is 550 g/mol. The molecule has 2 N–H and O–H groups in total. The zero-order valence-electron chi connectivity index (χ0n) is 22.0. The van der Waals surface area contributed by atoms with Crippen LogP contribution in [0.15, 0.2) is 95.9 Å². The Morgan fingerprint density at radius 1 is 1.03 bits per heavy atom. The Labute approximate surface area is 249 Å². The van der Waals surface area contributed by atoms with Crippen molar-refractivity contribution in [2.75, 3.05) is 12.4 Å². The van der Waals surface area contributed by atoms with Crippen LogP contribution in [-0.2, 0) is 21.0 Å². The van der Waals surface area contributed by atoms with Crippen LogP contribution in [0, 0.1) is 0 Å². The number of carbonyl (C=O) groups excluding carboxylic acids is 1. The molecule has 1 fully saturated rings. The third-order valence-electron chi connectivity index (χ3n) is 5.79. The van der Waals surface area contributed by atoms with Crippen molar-refractivity contribution in [2.24, 2.45) is 0 Å². The van der Waals surface area contributed by atoms with Crippen molar-refractivity contribution < 1.29 is 24.3 Å². The Balaban J connectivity index is 0.000000826. The number of hydrogen-bond acceptors (Lipinski definition) is 6. The molecule has 194 valence electrons. The first kappa shape index (κ1) is 28.7. The van der Waals surface area contributed by atoms with E-state index in [-0.39, 0.29) is 12.5 Å². The van der Waals surface area contributed by atoms with E-state index in [0.29, 0.717) is 4.91 Å². The first-order chi connectivity index (χ1) is 18.8. The van der Waals surface area contributed by atoms with Gasteiger partial charge in [0.2, 0.25) is 0 Å². The second-order valence-corrected chi connectivity index (χ2v) is 11.1. The van der Waals surface area contributed by atoms with Gasteiger partial charge in [-0.25, -0.2) is 0 Å². The number of hydrogen-bond donors (Lipinski definition) is 2. The number of anilines is 1. The van der Waals surface area contributed by atoms with Crippen LogP contribution in [0.25, 0.3) is 16.8 Å². The van der Waals surface area contributed by atoms with Crippen molar-refractivity contribution in [3.8, 4) is 5.75 Å². The van der Waals surface area contributed by atoms with Gasteiger partial charge in [-0.15, -0.1) is 0 Å². The molecular formula is C30H27N2NaO5S. The zero-order chi connectivity index (χ0) is 27.8. The van der Waals surface area contributed by atoms with Gasteiger partial charge in [-0.3, -0.25) is 4.79 Å². The molecule has 1 amide bonds. The molecule has 1 atom stereocenters. The fourth-order valence-corrected chi connectivity index (χ4v) is 5.62. The average Bonchev–Trinajstić information content (AvgIpc) is 3.20. The number of thioether (sulfide) groups is 1. The number of para-hydroxylation sites is 1. The maximum atomic E-state index is 13.5. The minimum atomic E-state index is -0.833. The molecule has 0 aliphatic carbocycles. The summed E-state index contributed by atoms with van der Waals surface area (Å²) in [7, 11) is 1.63. The first-order valence-corrected chi connectivity index (χ1v) is 14.2. The number of hydroxylamine groups is 2. The summed E-state index contributed by atoms with van der Waals surface area (Å²) in [5, 5.41) is 14.6. The Kier molecular flexibility index (Phi) is 10.1. The number of carboxylic acid groups (broad SMARTS) is 1. The molecule has 1 heterocycles. The van der Waals surface area contributed by atoms with E-state index in [0.717, 1.165) is 62.8 Å². The number of fused-ring (bicyclic) bond motifs is 1. The molecule has 1 aliphatic rings. The van der Waals surface area contributed by atoms with Crippen molar-refractivity contribution in [1.29, 1.82) is 0 Å². The molecule has 5 rings (SSSR count). The summed E-state index contributed by atoms with van der Waals surface area (Å²) < 4.78 is 6.72. The number of rotatable bonds is 7. The molecule has 0 radical (unpaired) electrons. The maximum absolute atomic E-state index is 13.5. The van der Waals surface area contributed by atoms with E-state index in [1.807, 2.05) is 60.7 Å². The number of ether oxygens (including phenoxy) is 1. The molecule has 7 nitrogen and oxygen atoms in total. The van der Waals surface area contributed by atoms with E-state index in [1.165, 1.54) is 25.0 Å². The van der Waals surface area contributed by atoms with Crippen molar-refractivity contribution in [3.63, 3.8) is 0 Å². The summed E-state index contributed by atoms with van der Waals surface area (Å²) in [4.78, 5) is 29.2. The molecule has 9 heteroatoms. The number of methoxy groups -OCH3 is 1. The van der Waals surface area contributed by atoms with Crippen molar-refractivity contribution in [1.82, 2.24) is 5.06 Å². The summed E-state index contributed by atoms with van der Waals surface area (Å²) in [5.41, 5.74) is 2.42. The second-order valence-electron chi connectivity index (χ2n) is 8.83. The average molecular weight is 551 g/mol. The molecule has 0 saturated carbocycles. The zero-order valence-corrected chi connectivity index (χ0v) is 24.8. The molecule has 0 spiro atoms. The normalized spacial score (nSPS) is 15.7. The fraction of sp³-hybridized carbons (Fsp3) is 0.133. The van der Waals surface area contributed by atoms with Crippen LogP contribution in [-0.4, -0.2) is 62.6 Å². The number of carboxylic acids is 1. The van der Waals surface area contributed by atoms with E-state index < -0.39 is 11.5 Å². The van der Waals surface area contributed by atoms with Crippen LogP contribution < -0.4 is 12.9 Å². The molecule has 0 aromatic heterocycles. The van der Waals surface area contributed by atoms with E-state index in [2.05, 4.69) is 41.7 Å². The van der Waals surface area contributed by atoms with Crippen molar-refractivity contribution >= 4 is 76.9 Å². The minimum absolute atomic E-state index is 0.169. The van der Waals surface area contributed by atoms with Crippen LogP contribution in [0.3, 0.4) is 0 Å². The number of amides is 1. The fourth-order valence-electron chi connectivity index (χ4n) is 4.03. The van der Waals surface area contributed by atoms with Crippen LogP contribution in [0.2, 0.25) is 0 Å². The van der Waals surface area contributed by atoms with Gasteiger partial charge in [-0.1, -0.05) is 18.2 Å². The van der Waals surface area contributed by atoms with Gasteiger partial charge in [-0.2, -0.15) is 0 Å². The first-order valence-electron chi connectivity index (χ1n) is 12.3. The van der Waals surface area contributed by atoms with Crippen molar-refractivity contribution in [3.05, 3.63) is 107 Å². The predicted octanol–water partition coefficient (Wildman–Crippen LogP) is 5.18. The standard InChI is InChI=1S/C28H23N2O3S.C2H4O2.Na/c1-32-25-14-8-7-11-23(25)19-33-30-27(31)26(34-28(30)29-24-12-3-2-4-13-24)18-20-15-16-21-9-5-6-10-22(21)17-20;1-2(3)4;/h2-3,5-18,28-29H,19H2,1H3;1H3,(H,3,4);. The van der Waals surface area contributed by atoms with Crippen LogP contribution >= 0.6 is 11.8 Å². The Bertz CT molecular complexity index is 1510. The second kappa shape index (κ2) is 13.7. The molecule has 1 saturated heterocycles.